The molecule has 0 heterocycles. The molecule has 0 saturated heterocycles. The maximum absolute atomic E-state index is 11.4. The second-order valence-corrected chi connectivity index (χ2v) is 6.09. The number of aliphatic carboxylic acids is 1. The number of ether oxygens (including phenoxy) is 1. The summed E-state index contributed by atoms with van der Waals surface area (Å²) in [7, 11) is 0. The van der Waals surface area contributed by atoms with Crippen molar-refractivity contribution in [2.45, 2.75) is 59.0 Å². The van der Waals surface area contributed by atoms with Crippen molar-refractivity contribution >= 4 is 5.97 Å². The zero-order valence-corrected chi connectivity index (χ0v) is 11.5. The van der Waals surface area contributed by atoms with Crippen molar-refractivity contribution < 1.29 is 14.6 Å². The molecule has 1 fully saturated rings. The molecule has 0 unspecified atom stereocenters. The van der Waals surface area contributed by atoms with Gasteiger partial charge < -0.3 is 9.84 Å². The number of rotatable bonds is 5. The van der Waals surface area contributed by atoms with Crippen LogP contribution in [0, 0.1) is 17.8 Å². The highest BCUT2D eigenvalue weighted by Gasteiger charge is 2.43. The Bertz CT molecular complexity index is 250. The predicted octanol–water partition coefficient (Wildman–Crippen LogP) is 3.33. The molecule has 0 aromatic rings. The van der Waals surface area contributed by atoms with Gasteiger partial charge >= 0.3 is 5.97 Å². The molecule has 0 bridgehead atoms. The largest absolute Gasteiger partial charge is 0.479 e. The highest BCUT2D eigenvalue weighted by molar-refractivity contribution is 5.77. The molecule has 1 aliphatic rings. The quantitative estimate of drug-likeness (QED) is 0.804. The Morgan fingerprint density at radius 1 is 1.29 bits per heavy atom. The van der Waals surface area contributed by atoms with Crippen LogP contribution in [0.15, 0.2) is 0 Å². The fourth-order valence-corrected chi connectivity index (χ4v) is 2.52. The van der Waals surface area contributed by atoms with E-state index >= 15 is 0 Å². The van der Waals surface area contributed by atoms with E-state index in [9.17, 15) is 9.90 Å². The summed E-state index contributed by atoms with van der Waals surface area (Å²) < 4.78 is 5.72. The third-order valence-corrected chi connectivity index (χ3v) is 3.86. The Balaban J connectivity index is 2.60. The van der Waals surface area contributed by atoms with Gasteiger partial charge in [0.2, 0.25) is 0 Å². The van der Waals surface area contributed by atoms with Crippen LogP contribution in [0.5, 0.6) is 0 Å². The van der Waals surface area contributed by atoms with Gasteiger partial charge in [-0.15, -0.1) is 0 Å². The van der Waals surface area contributed by atoms with Crippen molar-refractivity contribution in [2.24, 2.45) is 17.8 Å². The Morgan fingerprint density at radius 3 is 2.18 bits per heavy atom. The number of carboxylic acid groups (broad SMARTS) is 1. The van der Waals surface area contributed by atoms with Gasteiger partial charge in [0.15, 0.2) is 5.60 Å². The van der Waals surface area contributed by atoms with Crippen molar-refractivity contribution in [3.05, 3.63) is 0 Å². The van der Waals surface area contributed by atoms with Crippen LogP contribution in [0.2, 0.25) is 0 Å². The van der Waals surface area contributed by atoms with Gasteiger partial charge in [-0.25, -0.2) is 4.79 Å². The van der Waals surface area contributed by atoms with E-state index in [1.54, 1.807) is 0 Å². The van der Waals surface area contributed by atoms with E-state index in [1.807, 2.05) is 0 Å². The summed E-state index contributed by atoms with van der Waals surface area (Å²) >= 11 is 0. The number of hydrogen-bond acceptors (Lipinski definition) is 2. The van der Waals surface area contributed by atoms with E-state index in [0.717, 1.165) is 12.8 Å². The molecule has 0 radical (unpaired) electrons. The van der Waals surface area contributed by atoms with Crippen LogP contribution in [0.25, 0.3) is 0 Å². The van der Waals surface area contributed by atoms with Crippen molar-refractivity contribution in [3.8, 4) is 0 Å². The molecule has 100 valence electrons. The summed E-state index contributed by atoms with van der Waals surface area (Å²) in [5.41, 5.74) is -0.907. The van der Waals surface area contributed by atoms with Gasteiger partial charge in [-0.2, -0.15) is 0 Å². The summed E-state index contributed by atoms with van der Waals surface area (Å²) in [6, 6.07) is 0. The Hall–Kier alpha value is -0.570. The Morgan fingerprint density at radius 2 is 1.82 bits per heavy atom. The molecular formula is C14H26O3. The van der Waals surface area contributed by atoms with Crippen molar-refractivity contribution in [1.82, 2.24) is 0 Å². The van der Waals surface area contributed by atoms with Crippen LogP contribution >= 0.6 is 0 Å². The summed E-state index contributed by atoms with van der Waals surface area (Å²) in [6.07, 6.45) is 3.28. The van der Waals surface area contributed by atoms with Gasteiger partial charge in [0.25, 0.3) is 0 Å². The molecule has 3 heteroatoms. The lowest BCUT2D eigenvalue weighted by Crippen LogP contribution is -2.46. The molecule has 0 atom stereocenters. The van der Waals surface area contributed by atoms with Crippen LogP contribution in [0.1, 0.15) is 53.4 Å². The van der Waals surface area contributed by atoms with Crippen LogP contribution in [-0.4, -0.2) is 23.3 Å². The van der Waals surface area contributed by atoms with Gasteiger partial charge in [-0.3, -0.25) is 0 Å². The lowest BCUT2D eigenvalue weighted by Gasteiger charge is -2.38. The highest BCUT2D eigenvalue weighted by Crippen LogP contribution is 2.38. The maximum atomic E-state index is 11.4. The van der Waals surface area contributed by atoms with Gasteiger partial charge in [0.05, 0.1) is 6.61 Å². The average molecular weight is 242 g/mol. The molecule has 3 nitrogen and oxygen atoms in total. The van der Waals surface area contributed by atoms with Crippen LogP contribution < -0.4 is 0 Å². The van der Waals surface area contributed by atoms with Gasteiger partial charge in [-0.1, -0.05) is 27.7 Å². The van der Waals surface area contributed by atoms with Gasteiger partial charge in [0, 0.05) is 0 Å². The van der Waals surface area contributed by atoms with Crippen molar-refractivity contribution in [2.75, 3.05) is 6.61 Å². The van der Waals surface area contributed by atoms with Crippen LogP contribution in [0.4, 0.5) is 0 Å². The third-order valence-electron chi connectivity index (χ3n) is 3.86. The maximum Gasteiger partial charge on any atom is 0.335 e. The van der Waals surface area contributed by atoms with E-state index in [-0.39, 0.29) is 0 Å². The number of hydrogen-bond donors (Lipinski definition) is 1. The molecular weight excluding hydrogens is 216 g/mol. The minimum atomic E-state index is -0.907. The SMILES string of the molecule is CC(C)COC1(C(=O)O)CCC(C(C)C)CC1. The molecule has 0 amide bonds. The second-order valence-electron chi connectivity index (χ2n) is 6.09. The summed E-state index contributed by atoms with van der Waals surface area (Å²) in [5, 5.41) is 9.40. The molecule has 0 aromatic heterocycles. The monoisotopic (exact) mass is 242 g/mol. The topological polar surface area (TPSA) is 46.5 Å². The van der Waals surface area contributed by atoms with E-state index in [1.165, 1.54) is 0 Å². The molecule has 1 aliphatic carbocycles. The highest BCUT2D eigenvalue weighted by atomic mass is 16.5. The fourth-order valence-electron chi connectivity index (χ4n) is 2.52. The number of carbonyl (C=O) groups is 1. The zero-order chi connectivity index (χ0) is 13.1. The second kappa shape index (κ2) is 5.85. The normalized spacial score (nSPS) is 29.9. The summed E-state index contributed by atoms with van der Waals surface area (Å²) in [5.74, 6) is 0.909. The molecule has 0 aliphatic heterocycles. The minimum Gasteiger partial charge on any atom is -0.479 e. The lowest BCUT2D eigenvalue weighted by molar-refractivity contribution is -0.174. The average Bonchev–Trinajstić information content (AvgIpc) is 2.26. The van der Waals surface area contributed by atoms with Crippen LogP contribution in [0.3, 0.4) is 0 Å². The van der Waals surface area contributed by atoms with Crippen LogP contribution in [-0.2, 0) is 9.53 Å². The Kier molecular flexibility index (Phi) is 4.99. The predicted molar refractivity (Wildman–Crippen MR) is 68.0 cm³/mol. The lowest BCUT2D eigenvalue weighted by atomic mass is 9.74. The first-order valence-electron chi connectivity index (χ1n) is 6.75. The minimum absolute atomic E-state index is 0.383. The van der Waals surface area contributed by atoms with E-state index < -0.39 is 11.6 Å². The molecule has 17 heavy (non-hydrogen) atoms. The standard InChI is InChI=1S/C14H26O3/c1-10(2)9-17-14(13(15)16)7-5-12(6-8-14)11(3)4/h10-12H,5-9H2,1-4H3,(H,15,16). The van der Waals surface area contributed by atoms with Crippen molar-refractivity contribution in [3.63, 3.8) is 0 Å². The van der Waals surface area contributed by atoms with E-state index in [4.69, 9.17) is 4.74 Å². The van der Waals surface area contributed by atoms with Gasteiger partial charge in [-0.05, 0) is 43.4 Å². The fraction of sp³-hybridized carbons (Fsp3) is 0.929. The first-order valence-corrected chi connectivity index (χ1v) is 6.75. The Labute approximate surface area is 105 Å². The first-order chi connectivity index (χ1) is 7.87. The smallest absolute Gasteiger partial charge is 0.335 e. The molecule has 1 rings (SSSR count). The zero-order valence-electron chi connectivity index (χ0n) is 11.5. The molecule has 1 N–H and O–H groups in total. The molecule has 0 aromatic carbocycles. The first kappa shape index (κ1) is 14.5. The van der Waals surface area contributed by atoms with Gasteiger partial charge in [0.1, 0.15) is 0 Å². The van der Waals surface area contributed by atoms with E-state index in [2.05, 4.69) is 27.7 Å². The summed E-state index contributed by atoms with van der Waals surface area (Å²) in [4.78, 5) is 11.4. The molecule has 0 spiro atoms. The molecule has 1 saturated carbocycles. The van der Waals surface area contributed by atoms with E-state index in [0.29, 0.717) is 37.2 Å². The van der Waals surface area contributed by atoms with Crippen molar-refractivity contribution in [1.29, 1.82) is 0 Å². The third kappa shape index (κ3) is 3.70. The summed E-state index contributed by atoms with van der Waals surface area (Å²) in [6.45, 7) is 9.07. The number of carboxylic acids is 1.